The lowest BCUT2D eigenvalue weighted by atomic mass is 9.79. The fraction of sp³-hybridized carbons (Fsp3) is 0.929. The van der Waals surface area contributed by atoms with Crippen molar-refractivity contribution in [3.63, 3.8) is 0 Å². The summed E-state index contributed by atoms with van der Waals surface area (Å²) in [6.07, 6.45) is 9.18. The van der Waals surface area contributed by atoms with E-state index in [-0.39, 0.29) is 23.5 Å². The first-order chi connectivity index (χ1) is 8.66. The van der Waals surface area contributed by atoms with E-state index >= 15 is 0 Å². The molecule has 0 aliphatic heterocycles. The van der Waals surface area contributed by atoms with Crippen molar-refractivity contribution in [1.29, 1.82) is 0 Å². The summed E-state index contributed by atoms with van der Waals surface area (Å²) in [5.41, 5.74) is 5.10. The lowest BCUT2D eigenvalue weighted by Crippen LogP contribution is -2.57. The van der Waals surface area contributed by atoms with E-state index < -0.39 is 0 Å². The Labute approximate surface area is 109 Å². The number of aliphatic hydroxyl groups excluding tert-OH is 1. The van der Waals surface area contributed by atoms with Gasteiger partial charge in [-0.1, -0.05) is 32.1 Å². The lowest BCUT2D eigenvalue weighted by Gasteiger charge is -2.39. The molecule has 0 spiro atoms. The lowest BCUT2D eigenvalue weighted by molar-refractivity contribution is -0.133. The van der Waals surface area contributed by atoms with Gasteiger partial charge in [0.15, 0.2) is 0 Å². The number of hydrogen-bond donors (Lipinski definition) is 3. The van der Waals surface area contributed by atoms with Crippen molar-refractivity contribution in [2.24, 2.45) is 11.1 Å². The van der Waals surface area contributed by atoms with Gasteiger partial charge in [-0.2, -0.15) is 0 Å². The number of carbonyl (C=O) groups excluding carboxylic acids is 1. The van der Waals surface area contributed by atoms with Crippen LogP contribution in [0.5, 0.6) is 0 Å². The molecule has 2 aliphatic carbocycles. The van der Waals surface area contributed by atoms with Crippen LogP contribution >= 0.6 is 0 Å². The minimum Gasteiger partial charge on any atom is -0.394 e. The summed E-state index contributed by atoms with van der Waals surface area (Å²) in [5, 5.41) is 12.8. The SMILES string of the molecule is NCC1(C(=O)NC2(CO)CCCCC2)CCCC1. The number of rotatable bonds is 4. The zero-order valence-electron chi connectivity index (χ0n) is 11.2. The van der Waals surface area contributed by atoms with Crippen molar-refractivity contribution in [2.75, 3.05) is 13.2 Å². The molecule has 0 atom stereocenters. The summed E-state index contributed by atoms with van der Waals surface area (Å²) in [4.78, 5) is 12.5. The van der Waals surface area contributed by atoms with Crippen LogP contribution in [0.3, 0.4) is 0 Å². The van der Waals surface area contributed by atoms with Crippen molar-refractivity contribution in [2.45, 2.75) is 63.3 Å². The zero-order valence-corrected chi connectivity index (χ0v) is 11.2. The minimum absolute atomic E-state index is 0.0550. The highest BCUT2D eigenvalue weighted by Gasteiger charge is 2.43. The van der Waals surface area contributed by atoms with Gasteiger partial charge in [0.1, 0.15) is 0 Å². The molecule has 1 amide bonds. The maximum atomic E-state index is 12.5. The largest absolute Gasteiger partial charge is 0.394 e. The third-order valence-corrected chi connectivity index (χ3v) is 4.93. The fourth-order valence-corrected chi connectivity index (χ4v) is 3.50. The van der Waals surface area contributed by atoms with Crippen LogP contribution in [0, 0.1) is 5.41 Å². The average molecular weight is 254 g/mol. The molecule has 4 heteroatoms. The smallest absolute Gasteiger partial charge is 0.228 e. The number of hydrogen-bond acceptors (Lipinski definition) is 3. The predicted molar refractivity (Wildman–Crippen MR) is 71.0 cm³/mol. The maximum absolute atomic E-state index is 12.5. The van der Waals surface area contributed by atoms with Crippen molar-refractivity contribution in [3.05, 3.63) is 0 Å². The molecule has 2 fully saturated rings. The zero-order chi connectivity index (χ0) is 13.1. The van der Waals surface area contributed by atoms with Gasteiger partial charge >= 0.3 is 0 Å². The summed E-state index contributed by atoms with van der Waals surface area (Å²) in [6, 6.07) is 0. The van der Waals surface area contributed by atoms with Crippen LogP contribution in [0.4, 0.5) is 0 Å². The normalized spacial score (nSPS) is 25.9. The van der Waals surface area contributed by atoms with Gasteiger partial charge in [0.25, 0.3) is 0 Å². The second kappa shape index (κ2) is 5.57. The minimum atomic E-state index is -0.375. The topological polar surface area (TPSA) is 75.4 Å². The molecule has 2 aliphatic rings. The first-order valence-electron chi connectivity index (χ1n) is 7.30. The average Bonchev–Trinajstić information content (AvgIpc) is 2.90. The molecule has 4 N–H and O–H groups in total. The molecular formula is C14H26N2O2. The summed E-state index contributed by atoms with van der Waals surface area (Å²) in [5.74, 6) is 0.0819. The molecule has 0 bridgehead atoms. The molecule has 18 heavy (non-hydrogen) atoms. The van der Waals surface area contributed by atoms with Gasteiger partial charge in [-0.15, -0.1) is 0 Å². The van der Waals surface area contributed by atoms with E-state index in [4.69, 9.17) is 5.73 Å². The monoisotopic (exact) mass is 254 g/mol. The van der Waals surface area contributed by atoms with Gasteiger partial charge in [-0.25, -0.2) is 0 Å². The summed E-state index contributed by atoms with van der Waals surface area (Å²) >= 11 is 0. The van der Waals surface area contributed by atoms with Crippen molar-refractivity contribution >= 4 is 5.91 Å². The van der Waals surface area contributed by atoms with Crippen LogP contribution in [0.25, 0.3) is 0 Å². The molecule has 2 saturated carbocycles. The van der Waals surface area contributed by atoms with Gasteiger partial charge < -0.3 is 16.2 Å². The van der Waals surface area contributed by atoms with E-state index in [9.17, 15) is 9.90 Å². The molecule has 0 saturated heterocycles. The summed E-state index contributed by atoms with van der Waals surface area (Å²) in [7, 11) is 0. The number of nitrogens with two attached hydrogens (primary N) is 1. The van der Waals surface area contributed by atoms with E-state index in [0.29, 0.717) is 6.54 Å². The Morgan fingerprint density at radius 3 is 2.11 bits per heavy atom. The van der Waals surface area contributed by atoms with Gasteiger partial charge in [0.2, 0.25) is 5.91 Å². The Balaban J connectivity index is 2.04. The third kappa shape index (κ3) is 2.54. The summed E-state index contributed by atoms with van der Waals surface area (Å²) < 4.78 is 0. The van der Waals surface area contributed by atoms with E-state index in [1.807, 2.05) is 0 Å². The Hall–Kier alpha value is -0.610. The van der Waals surface area contributed by atoms with E-state index in [2.05, 4.69) is 5.32 Å². The Bertz CT molecular complexity index is 292. The fourth-order valence-electron chi connectivity index (χ4n) is 3.50. The Morgan fingerprint density at radius 2 is 1.61 bits per heavy atom. The van der Waals surface area contributed by atoms with Crippen LogP contribution < -0.4 is 11.1 Å². The molecule has 0 unspecified atom stereocenters. The van der Waals surface area contributed by atoms with Crippen molar-refractivity contribution in [1.82, 2.24) is 5.32 Å². The quantitative estimate of drug-likeness (QED) is 0.708. The highest BCUT2D eigenvalue weighted by molar-refractivity contribution is 5.84. The molecule has 0 aromatic heterocycles. The van der Waals surface area contributed by atoms with E-state index in [1.165, 1.54) is 6.42 Å². The highest BCUT2D eigenvalue weighted by atomic mass is 16.3. The van der Waals surface area contributed by atoms with Gasteiger partial charge in [-0.3, -0.25) is 4.79 Å². The summed E-state index contributed by atoms with van der Waals surface area (Å²) in [6.45, 7) is 0.486. The molecule has 4 nitrogen and oxygen atoms in total. The van der Waals surface area contributed by atoms with E-state index in [1.54, 1.807) is 0 Å². The molecule has 104 valence electrons. The number of carbonyl (C=O) groups is 1. The first-order valence-corrected chi connectivity index (χ1v) is 7.30. The van der Waals surface area contributed by atoms with Gasteiger partial charge in [0, 0.05) is 6.54 Å². The van der Waals surface area contributed by atoms with Crippen molar-refractivity contribution in [3.8, 4) is 0 Å². The second-order valence-electron chi connectivity index (χ2n) is 6.14. The molecule has 0 heterocycles. The number of amides is 1. The maximum Gasteiger partial charge on any atom is 0.228 e. The first kappa shape index (κ1) is 13.8. The standard InChI is InChI=1S/C14H26N2O2/c15-10-13(6-4-5-7-13)12(18)16-14(11-17)8-2-1-3-9-14/h17H,1-11,15H2,(H,16,18). The van der Waals surface area contributed by atoms with Crippen LogP contribution in [0.1, 0.15) is 57.8 Å². The van der Waals surface area contributed by atoms with E-state index in [0.717, 1.165) is 51.4 Å². The highest BCUT2D eigenvalue weighted by Crippen LogP contribution is 2.38. The molecular weight excluding hydrogens is 228 g/mol. The number of nitrogens with one attached hydrogen (secondary N) is 1. The Kier molecular flexibility index (Phi) is 4.28. The molecule has 0 radical (unpaired) electrons. The van der Waals surface area contributed by atoms with Crippen molar-refractivity contribution < 1.29 is 9.90 Å². The molecule has 0 aromatic rings. The van der Waals surface area contributed by atoms with Crippen LogP contribution in [-0.4, -0.2) is 29.7 Å². The van der Waals surface area contributed by atoms with Crippen LogP contribution in [0.2, 0.25) is 0 Å². The van der Waals surface area contributed by atoms with Gasteiger partial charge in [-0.05, 0) is 25.7 Å². The van der Waals surface area contributed by atoms with Crippen LogP contribution in [0.15, 0.2) is 0 Å². The van der Waals surface area contributed by atoms with Crippen LogP contribution in [-0.2, 0) is 4.79 Å². The third-order valence-electron chi connectivity index (χ3n) is 4.93. The van der Waals surface area contributed by atoms with Gasteiger partial charge in [0.05, 0.1) is 17.6 Å². The Morgan fingerprint density at radius 1 is 1.06 bits per heavy atom. The molecule has 0 aromatic carbocycles. The number of aliphatic hydroxyl groups is 1. The molecule has 2 rings (SSSR count). The second-order valence-corrected chi connectivity index (χ2v) is 6.14. The predicted octanol–water partition coefficient (Wildman–Crippen LogP) is 1.32.